The van der Waals surface area contributed by atoms with Gasteiger partial charge in [0.1, 0.15) is 5.82 Å². The quantitative estimate of drug-likeness (QED) is 0.654. The van der Waals surface area contributed by atoms with E-state index in [4.69, 9.17) is 28.9 Å². The average Bonchev–Trinajstić information content (AvgIpc) is 2.62. The molecule has 2 heterocycles. The molecule has 0 saturated heterocycles. The number of nitrogens with one attached hydrogen (secondary N) is 1. The van der Waals surface area contributed by atoms with E-state index < -0.39 is 0 Å². The number of aromatic nitrogens is 2. The molecule has 0 fully saturated rings. The minimum atomic E-state index is -0.0966. The molecule has 27 heavy (non-hydrogen) atoms. The van der Waals surface area contributed by atoms with Crippen LogP contribution in [0.1, 0.15) is 16.8 Å². The topological polar surface area (TPSA) is 75.0 Å². The lowest BCUT2D eigenvalue weighted by Crippen LogP contribution is -2.35. The maximum atomic E-state index is 12.6. The standard InChI is InChI=1S/C20H18Cl2N4O/c21-14-7-12(8-15(22)9-14)10-26-6-5-18-17(11-26)20(27)25-19(24-18)13-1-3-16(23)4-2-13/h1-4,7-9H,5-6,10-11,23H2,(H,24,25,27). The van der Waals surface area contributed by atoms with Crippen molar-refractivity contribution >= 4 is 28.9 Å². The van der Waals surface area contributed by atoms with Crippen LogP contribution in [0.5, 0.6) is 0 Å². The smallest absolute Gasteiger partial charge is 0.255 e. The molecule has 0 aliphatic carbocycles. The summed E-state index contributed by atoms with van der Waals surface area (Å²) in [5, 5.41) is 1.23. The highest BCUT2D eigenvalue weighted by Crippen LogP contribution is 2.23. The number of halogens is 2. The van der Waals surface area contributed by atoms with Gasteiger partial charge in [-0.15, -0.1) is 0 Å². The molecule has 0 atom stereocenters. The highest BCUT2D eigenvalue weighted by atomic mass is 35.5. The van der Waals surface area contributed by atoms with Crippen molar-refractivity contribution in [3.63, 3.8) is 0 Å². The van der Waals surface area contributed by atoms with E-state index in [1.54, 1.807) is 18.2 Å². The SMILES string of the molecule is Nc1ccc(-c2nc3c(c(=O)[nH]2)CN(Cc2cc(Cl)cc(Cl)c2)CC3)cc1. The molecule has 5 nitrogen and oxygen atoms in total. The Morgan fingerprint density at radius 3 is 2.52 bits per heavy atom. The monoisotopic (exact) mass is 400 g/mol. The lowest BCUT2D eigenvalue weighted by molar-refractivity contribution is 0.242. The molecule has 4 rings (SSSR count). The van der Waals surface area contributed by atoms with Gasteiger partial charge in [0.15, 0.2) is 0 Å². The van der Waals surface area contributed by atoms with Crippen molar-refractivity contribution in [2.24, 2.45) is 0 Å². The minimum absolute atomic E-state index is 0.0966. The van der Waals surface area contributed by atoms with Gasteiger partial charge in [0.2, 0.25) is 0 Å². The number of H-pyrrole nitrogens is 1. The number of aromatic amines is 1. The fourth-order valence-electron chi connectivity index (χ4n) is 3.35. The van der Waals surface area contributed by atoms with Gasteiger partial charge in [0, 0.05) is 47.4 Å². The summed E-state index contributed by atoms with van der Waals surface area (Å²) >= 11 is 12.2. The first-order valence-electron chi connectivity index (χ1n) is 8.63. The van der Waals surface area contributed by atoms with Crippen LogP contribution in [-0.4, -0.2) is 21.4 Å². The molecular weight excluding hydrogens is 383 g/mol. The van der Waals surface area contributed by atoms with Gasteiger partial charge < -0.3 is 10.7 Å². The molecule has 138 valence electrons. The second kappa shape index (κ2) is 7.35. The summed E-state index contributed by atoms with van der Waals surface area (Å²) in [6, 6.07) is 12.8. The van der Waals surface area contributed by atoms with E-state index >= 15 is 0 Å². The lowest BCUT2D eigenvalue weighted by Gasteiger charge is -2.27. The van der Waals surface area contributed by atoms with Gasteiger partial charge in [-0.05, 0) is 48.0 Å². The predicted molar refractivity (Wildman–Crippen MR) is 109 cm³/mol. The maximum Gasteiger partial charge on any atom is 0.255 e. The van der Waals surface area contributed by atoms with Gasteiger partial charge in [-0.2, -0.15) is 0 Å². The van der Waals surface area contributed by atoms with Gasteiger partial charge in [-0.1, -0.05) is 23.2 Å². The van der Waals surface area contributed by atoms with Crippen LogP contribution in [0.15, 0.2) is 47.3 Å². The van der Waals surface area contributed by atoms with E-state index in [0.29, 0.717) is 40.2 Å². The molecule has 0 bridgehead atoms. The molecule has 1 aliphatic heterocycles. The number of nitrogens with two attached hydrogens (primary N) is 1. The zero-order valence-corrected chi connectivity index (χ0v) is 16.0. The van der Waals surface area contributed by atoms with Crippen molar-refractivity contribution in [1.82, 2.24) is 14.9 Å². The number of benzene rings is 2. The third-order valence-electron chi connectivity index (χ3n) is 4.66. The van der Waals surface area contributed by atoms with Crippen molar-refractivity contribution in [3.05, 3.63) is 79.7 Å². The summed E-state index contributed by atoms with van der Waals surface area (Å²) in [6.07, 6.45) is 0.718. The zero-order valence-electron chi connectivity index (χ0n) is 14.5. The number of fused-ring (bicyclic) bond motifs is 1. The fraction of sp³-hybridized carbons (Fsp3) is 0.200. The summed E-state index contributed by atoms with van der Waals surface area (Å²) in [5.41, 5.74) is 9.75. The van der Waals surface area contributed by atoms with Crippen LogP contribution in [0, 0.1) is 0 Å². The van der Waals surface area contributed by atoms with Gasteiger partial charge >= 0.3 is 0 Å². The Kier molecular flexibility index (Phi) is 4.91. The zero-order chi connectivity index (χ0) is 19.0. The van der Waals surface area contributed by atoms with Crippen molar-refractivity contribution in [3.8, 4) is 11.4 Å². The van der Waals surface area contributed by atoms with Crippen LogP contribution in [0.4, 0.5) is 5.69 Å². The van der Waals surface area contributed by atoms with Gasteiger partial charge in [0.05, 0.1) is 11.3 Å². The average molecular weight is 401 g/mol. The first-order chi connectivity index (χ1) is 13.0. The molecule has 1 aliphatic rings. The van der Waals surface area contributed by atoms with Crippen molar-refractivity contribution in [2.75, 3.05) is 12.3 Å². The molecule has 2 aromatic carbocycles. The van der Waals surface area contributed by atoms with Crippen molar-refractivity contribution < 1.29 is 0 Å². The van der Waals surface area contributed by atoms with Crippen LogP contribution in [0.25, 0.3) is 11.4 Å². The van der Waals surface area contributed by atoms with Crippen molar-refractivity contribution in [2.45, 2.75) is 19.5 Å². The molecule has 0 saturated carbocycles. The Morgan fingerprint density at radius 2 is 1.81 bits per heavy atom. The number of hydrogen-bond acceptors (Lipinski definition) is 4. The van der Waals surface area contributed by atoms with Crippen molar-refractivity contribution in [1.29, 1.82) is 0 Å². The predicted octanol–water partition coefficient (Wildman–Crippen LogP) is 3.88. The Balaban J connectivity index is 1.58. The highest BCUT2D eigenvalue weighted by Gasteiger charge is 2.21. The number of anilines is 1. The van der Waals surface area contributed by atoms with Gasteiger partial charge in [-0.25, -0.2) is 4.98 Å². The maximum absolute atomic E-state index is 12.6. The summed E-state index contributed by atoms with van der Waals surface area (Å²) in [6.45, 7) is 2.04. The molecular formula is C20H18Cl2N4O. The summed E-state index contributed by atoms with van der Waals surface area (Å²) in [5.74, 6) is 0.578. The summed E-state index contributed by atoms with van der Waals surface area (Å²) < 4.78 is 0. The molecule has 7 heteroatoms. The molecule has 0 unspecified atom stereocenters. The molecule has 0 radical (unpaired) electrons. The number of rotatable bonds is 3. The van der Waals surface area contributed by atoms with E-state index in [9.17, 15) is 4.79 Å². The lowest BCUT2D eigenvalue weighted by atomic mass is 10.1. The fourth-order valence-corrected chi connectivity index (χ4v) is 3.93. The van der Waals surface area contributed by atoms with Gasteiger partial charge in [-0.3, -0.25) is 9.69 Å². The molecule has 1 aromatic heterocycles. The second-order valence-electron chi connectivity index (χ2n) is 6.70. The van der Waals surface area contributed by atoms with Crippen LogP contribution >= 0.6 is 23.2 Å². The van der Waals surface area contributed by atoms with Gasteiger partial charge in [0.25, 0.3) is 5.56 Å². The number of hydrogen-bond donors (Lipinski definition) is 2. The Labute approximate surface area is 166 Å². The summed E-state index contributed by atoms with van der Waals surface area (Å²) in [4.78, 5) is 22.4. The Morgan fingerprint density at radius 1 is 1.11 bits per heavy atom. The summed E-state index contributed by atoms with van der Waals surface area (Å²) in [7, 11) is 0. The second-order valence-corrected chi connectivity index (χ2v) is 7.57. The molecule has 3 aromatic rings. The van der Waals surface area contributed by atoms with Crippen LogP contribution in [0.2, 0.25) is 10.0 Å². The third kappa shape index (κ3) is 4.00. The first kappa shape index (κ1) is 18.0. The largest absolute Gasteiger partial charge is 0.399 e. The van der Waals surface area contributed by atoms with Crippen LogP contribution in [-0.2, 0) is 19.5 Å². The molecule has 0 spiro atoms. The Hall–Kier alpha value is -2.34. The molecule has 0 amide bonds. The Bertz CT molecular complexity index is 1030. The van der Waals surface area contributed by atoms with E-state index in [1.165, 1.54) is 0 Å². The molecule has 3 N–H and O–H groups in total. The van der Waals surface area contributed by atoms with E-state index in [-0.39, 0.29) is 5.56 Å². The normalized spacial score (nSPS) is 14.1. The first-order valence-corrected chi connectivity index (χ1v) is 9.39. The van der Waals surface area contributed by atoms with E-state index in [0.717, 1.165) is 29.8 Å². The highest BCUT2D eigenvalue weighted by molar-refractivity contribution is 6.34. The van der Waals surface area contributed by atoms with E-state index in [1.807, 2.05) is 24.3 Å². The number of nitrogen functional groups attached to an aromatic ring is 1. The van der Waals surface area contributed by atoms with Crippen LogP contribution in [0.3, 0.4) is 0 Å². The van der Waals surface area contributed by atoms with Crippen LogP contribution < -0.4 is 11.3 Å². The minimum Gasteiger partial charge on any atom is -0.399 e. The third-order valence-corrected chi connectivity index (χ3v) is 5.10. The number of nitrogens with zero attached hydrogens (tertiary/aromatic N) is 2. The van der Waals surface area contributed by atoms with E-state index in [2.05, 4.69) is 14.9 Å².